The van der Waals surface area contributed by atoms with Gasteiger partial charge >= 0.3 is 0 Å². The zero-order chi connectivity index (χ0) is 12.2. The summed E-state index contributed by atoms with van der Waals surface area (Å²) in [4.78, 5) is 2.09. The van der Waals surface area contributed by atoms with Gasteiger partial charge in [0, 0.05) is 6.54 Å². The molecule has 0 amide bonds. The highest BCUT2D eigenvalue weighted by Gasteiger charge is 2.15. The second kappa shape index (κ2) is 5.43. The van der Waals surface area contributed by atoms with Gasteiger partial charge in [0.2, 0.25) is 0 Å². The zero-order valence-electron chi connectivity index (χ0n) is 9.55. The van der Waals surface area contributed by atoms with Gasteiger partial charge in [-0.2, -0.15) is 8.42 Å². The largest absolute Gasteiger partial charge is 0.300 e. The Balaban J connectivity index is 3.05. The predicted octanol–water partition coefficient (Wildman–Crippen LogP) is 1.78. The summed E-state index contributed by atoms with van der Waals surface area (Å²) in [7, 11) is -4.12. The lowest BCUT2D eigenvalue weighted by molar-refractivity contribution is 0.293. The number of hydrogen-bond acceptors (Lipinski definition) is 3. The highest BCUT2D eigenvalue weighted by atomic mass is 32.2. The van der Waals surface area contributed by atoms with Crippen LogP contribution in [0.1, 0.15) is 19.4 Å². The molecule has 0 heterocycles. The van der Waals surface area contributed by atoms with Crippen molar-refractivity contribution in [1.82, 2.24) is 4.90 Å². The number of hydrogen-bond donors (Lipinski definition) is 1. The molecule has 0 unspecified atom stereocenters. The predicted molar refractivity (Wildman–Crippen MR) is 62.9 cm³/mol. The molecular weight excluding hydrogens is 226 g/mol. The normalized spacial score (nSPS) is 12.0. The van der Waals surface area contributed by atoms with E-state index in [-0.39, 0.29) is 4.90 Å². The summed E-state index contributed by atoms with van der Waals surface area (Å²) in [5, 5.41) is 0. The average molecular weight is 243 g/mol. The quantitative estimate of drug-likeness (QED) is 0.801. The highest BCUT2D eigenvalue weighted by molar-refractivity contribution is 7.85. The Morgan fingerprint density at radius 1 is 1.19 bits per heavy atom. The minimum absolute atomic E-state index is 0.00176. The van der Waals surface area contributed by atoms with E-state index in [9.17, 15) is 8.42 Å². The summed E-state index contributed by atoms with van der Waals surface area (Å²) in [5.41, 5.74) is 0.633. The molecule has 1 aromatic carbocycles. The third-order valence-electron chi connectivity index (χ3n) is 2.54. The first kappa shape index (κ1) is 13.2. The Kier molecular flexibility index (Phi) is 4.46. The first-order valence-corrected chi connectivity index (χ1v) is 6.70. The summed E-state index contributed by atoms with van der Waals surface area (Å²) in [5.74, 6) is 0. The fourth-order valence-corrected chi connectivity index (χ4v) is 2.29. The van der Waals surface area contributed by atoms with Crippen LogP contribution in [-0.4, -0.2) is 31.0 Å². The molecular formula is C11H17NO3S. The Hall–Kier alpha value is -0.910. The monoisotopic (exact) mass is 243 g/mol. The van der Waals surface area contributed by atoms with E-state index in [0.717, 1.165) is 13.1 Å². The molecule has 16 heavy (non-hydrogen) atoms. The molecule has 4 nitrogen and oxygen atoms in total. The minimum atomic E-state index is -4.12. The van der Waals surface area contributed by atoms with Gasteiger partial charge < -0.3 is 0 Å². The van der Waals surface area contributed by atoms with Crippen molar-refractivity contribution in [3.8, 4) is 0 Å². The molecule has 90 valence electrons. The van der Waals surface area contributed by atoms with Gasteiger partial charge in [0.25, 0.3) is 10.1 Å². The van der Waals surface area contributed by atoms with Crippen LogP contribution in [0, 0.1) is 0 Å². The van der Waals surface area contributed by atoms with Crippen molar-refractivity contribution in [2.24, 2.45) is 0 Å². The van der Waals surface area contributed by atoms with Crippen LogP contribution in [-0.2, 0) is 16.7 Å². The fourth-order valence-electron chi connectivity index (χ4n) is 1.57. The second-order valence-electron chi connectivity index (χ2n) is 3.54. The van der Waals surface area contributed by atoms with Crippen LogP contribution in [0.4, 0.5) is 0 Å². The summed E-state index contributed by atoms with van der Waals surface area (Å²) < 4.78 is 31.4. The summed E-state index contributed by atoms with van der Waals surface area (Å²) in [6.45, 7) is 6.24. The maximum absolute atomic E-state index is 11.1. The molecule has 1 rings (SSSR count). The van der Waals surface area contributed by atoms with Crippen LogP contribution < -0.4 is 0 Å². The van der Waals surface area contributed by atoms with Crippen LogP contribution in [0.2, 0.25) is 0 Å². The van der Waals surface area contributed by atoms with E-state index in [4.69, 9.17) is 4.55 Å². The minimum Gasteiger partial charge on any atom is -0.300 e. The first-order chi connectivity index (χ1) is 7.49. The molecule has 0 aliphatic rings. The molecule has 0 bridgehead atoms. The van der Waals surface area contributed by atoms with Crippen molar-refractivity contribution < 1.29 is 13.0 Å². The fraction of sp³-hybridized carbons (Fsp3) is 0.455. The Morgan fingerprint density at radius 2 is 1.75 bits per heavy atom. The number of benzene rings is 1. The molecule has 1 N–H and O–H groups in total. The lowest BCUT2D eigenvalue weighted by Gasteiger charge is -2.19. The van der Waals surface area contributed by atoms with Gasteiger partial charge in [-0.3, -0.25) is 9.45 Å². The maximum atomic E-state index is 11.1. The highest BCUT2D eigenvalue weighted by Crippen LogP contribution is 2.16. The standard InChI is InChI=1S/C11H17NO3S/c1-3-12(4-2)9-10-7-5-6-8-11(10)16(13,14)15/h5-8H,3-4,9H2,1-2H3,(H,13,14,15). The van der Waals surface area contributed by atoms with E-state index < -0.39 is 10.1 Å². The molecule has 0 saturated carbocycles. The van der Waals surface area contributed by atoms with Gasteiger partial charge in [-0.25, -0.2) is 0 Å². The average Bonchev–Trinajstić information content (AvgIpc) is 2.25. The molecule has 0 saturated heterocycles. The topological polar surface area (TPSA) is 57.6 Å². The Bertz CT molecular complexity index is 438. The van der Waals surface area contributed by atoms with Gasteiger partial charge in [-0.15, -0.1) is 0 Å². The van der Waals surface area contributed by atoms with Crippen LogP contribution in [0.5, 0.6) is 0 Å². The lowest BCUT2D eigenvalue weighted by atomic mass is 10.2. The molecule has 0 atom stereocenters. The van der Waals surface area contributed by atoms with Crippen molar-refractivity contribution in [2.45, 2.75) is 25.3 Å². The summed E-state index contributed by atoms with van der Waals surface area (Å²) in [6.07, 6.45) is 0. The van der Waals surface area contributed by atoms with Gasteiger partial charge in [0.05, 0.1) is 4.90 Å². The second-order valence-corrected chi connectivity index (χ2v) is 4.93. The zero-order valence-corrected chi connectivity index (χ0v) is 10.4. The van der Waals surface area contributed by atoms with Crippen molar-refractivity contribution in [2.75, 3.05) is 13.1 Å². The van der Waals surface area contributed by atoms with Gasteiger partial charge in [-0.1, -0.05) is 32.0 Å². The van der Waals surface area contributed by atoms with Crippen molar-refractivity contribution in [1.29, 1.82) is 0 Å². The van der Waals surface area contributed by atoms with Crippen molar-refractivity contribution >= 4 is 10.1 Å². The Labute approximate surface area is 96.6 Å². The SMILES string of the molecule is CCN(CC)Cc1ccccc1S(=O)(=O)O. The van der Waals surface area contributed by atoms with E-state index in [0.29, 0.717) is 12.1 Å². The summed E-state index contributed by atoms with van der Waals surface area (Å²) in [6, 6.07) is 6.53. The molecule has 0 aliphatic carbocycles. The van der Waals surface area contributed by atoms with E-state index in [1.807, 2.05) is 13.8 Å². The van der Waals surface area contributed by atoms with E-state index in [1.165, 1.54) is 6.07 Å². The van der Waals surface area contributed by atoms with Gasteiger partial charge in [0.1, 0.15) is 0 Å². The molecule has 5 heteroatoms. The molecule has 0 aromatic heterocycles. The summed E-state index contributed by atoms with van der Waals surface area (Å²) >= 11 is 0. The smallest absolute Gasteiger partial charge is 0.294 e. The number of rotatable bonds is 5. The lowest BCUT2D eigenvalue weighted by Crippen LogP contribution is -2.23. The van der Waals surface area contributed by atoms with Crippen molar-refractivity contribution in [3.05, 3.63) is 29.8 Å². The van der Waals surface area contributed by atoms with Gasteiger partial charge in [0.15, 0.2) is 0 Å². The first-order valence-electron chi connectivity index (χ1n) is 5.26. The van der Waals surface area contributed by atoms with Crippen LogP contribution >= 0.6 is 0 Å². The van der Waals surface area contributed by atoms with Crippen LogP contribution in [0.25, 0.3) is 0 Å². The molecule has 0 radical (unpaired) electrons. The van der Waals surface area contributed by atoms with Crippen LogP contribution in [0.3, 0.4) is 0 Å². The number of nitrogens with zero attached hydrogens (tertiary/aromatic N) is 1. The molecule has 0 aliphatic heterocycles. The van der Waals surface area contributed by atoms with E-state index >= 15 is 0 Å². The molecule has 1 aromatic rings. The third kappa shape index (κ3) is 3.30. The van der Waals surface area contributed by atoms with E-state index in [1.54, 1.807) is 18.2 Å². The van der Waals surface area contributed by atoms with Crippen molar-refractivity contribution in [3.63, 3.8) is 0 Å². The van der Waals surface area contributed by atoms with Crippen LogP contribution in [0.15, 0.2) is 29.2 Å². The van der Waals surface area contributed by atoms with Gasteiger partial charge in [-0.05, 0) is 24.7 Å². The maximum Gasteiger partial charge on any atom is 0.294 e. The van der Waals surface area contributed by atoms with E-state index in [2.05, 4.69) is 4.90 Å². The molecule has 0 spiro atoms. The Morgan fingerprint density at radius 3 is 2.25 bits per heavy atom. The molecule has 0 fully saturated rings. The third-order valence-corrected chi connectivity index (χ3v) is 3.49.